The van der Waals surface area contributed by atoms with Crippen LogP contribution in [0.1, 0.15) is 25.8 Å². The van der Waals surface area contributed by atoms with E-state index in [-0.39, 0.29) is 17.7 Å². The lowest BCUT2D eigenvalue weighted by Crippen LogP contribution is -2.52. The van der Waals surface area contributed by atoms with Gasteiger partial charge >= 0.3 is 0 Å². The second-order valence-corrected chi connectivity index (χ2v) is 7.65. The molecular formula is C23H25N3O2. The summed E-state index contributed by atoms with van der Waals surface area (Å²) in [6, 6.07) is 11.9. The van der Waals surface area contributed by atoms with E-state index in [4.69, 9.17) is 0 Å². The number of nitrogens with zero attached hydrogens (tertiary/aromatic N) is 2. The van der Waals surface area contributed by atoms with Crippen molar-refractivity contribution in [1.82, 2.24) is 14.9 Å². The van der Waals surface area contributed by atoms with Gasteiger partial charge in [-0.3, -0.25) is 4.79 Å². The maximum Gasteiger partial charge on any atom is 0.231 e. The van der Waals surface area contributed by atoms with Crippen LogP contribution in [0.4, 0.5) is 0 Å². The largest absolute Gasteiger partial charge is 0.493 e. The highest BCUT2D eigenvalue weighted by atomic mass is 16.3. The van der Waals surface area contributed by atoms with Gasteiger partial charge < -0.3 is 15.0 Å². The van der Waals surface area contributed by atoms with Gasteiger partial charge in [-0.25, -0.2) is 4.98 Å². The SMILES string of the molecule is C/C=C/C1CCNC(=O)C1(C)c1ccc(-c2ccc3c(ccn3C)c2)nc1O. The molecule has 28 heavy (non-hydrogen) atoms. The normalized spacial score (nSPS) is 22.7. The molecular weight excluding hydrogens is 350 g/mol. The number of allylic oxidation sites excluding steroid dienone is 2. The minimum atomic E-state index is -0.843. The van der Waals surface area contributed by atoms with Crippen LogP contribution in [0.3, 0.4) is 0 Å². The Morgan fingerprint density at radius 2 is 2.11 bits per heavy atom. The molecule has 0 radical (unpaired) electrons. The lowest BCUT2D eigenvalue weighted by Gasteiger charge is -2.39. The molecule has 0 aliphatic carbocycles. The highest BCUT2D eigenvalue weighted by Crippen LogP contribution is 2.42. The summed E-state index contributed by atoms with van der Waals surface area (Å²) < 4.78 is 2.07. The number of aromatic hydroxyl groups is 1. The summed E-state index contributed by atoms with van der Waals surface area (Å²) in [5, 5.41) is 14.8. The van der Waals surface area contributed by atoms with Crippen molar-refractivity contribution in [2.24, 2.45) is 13.0 Å². The van der Waals surface area contributed by atoms with E-state index in [0.717, 1.165) is 22.9 Å². The summed E-state index contributed by atoms with van der Waals surface area (Å²) in [5.41, 5.74) is 2.49. The zero-order valence-electron chi connectivity index (χ0n) is 16.4. The van der Waals surface area contributed by atoms with E-state index >= 15 is 0 Å². The van der Waals surface area contributed by atoms with Gasteiger partial charge in [-0.05, 0) is 50.5 Å². The molecule has 1 aliphatic heterocycles. The third-order valence-corrected chi connectivity index (χ3v) is 5.99. The zero-order chi connectivity index (χ0) is 19.9. The van der Waals surface area contributed by atoms with Crippen molar-refractivity contribution < 1.29 is 9.90 Å². The second-order valence-electron chi connectivity index (χ2n) is 7.65. The van der Waals surface area contributed by atoms with Crippen LogP contribution < -0.4 is 5.32 Å². The molecule has 1 amide bonds. The molecule has 5 nitrogen and oxygen atoms in total. The summed E-state index contributed by atoms with van der Waals surface area (Å²) in [5.74, 6) is -0.136. The smallest absolute Gasteiger partial charge is 0.231 e. The first kappa shape index (κ1) is 18.3. The number of amides is 1. The van der Waals surface area contributed by atoms with E-state index in [9.17, 15) is 9.90 Å². The van der Waals surface area contributed by atoms with Crippen LogP contribution >= 0.6 is 0 Å². The summed E-state index contributed by atoms with van der Waals surface area (Å²) in [7, 11) is 2.01. The predicted octanol–water partition coefficient (Wildman–Crippen LogP) is 3.92. The van der Waals surface area contributed by atoms with Crippen molar-refractivity contribution in [3.63, 3.8) is 0 Å². The Labute approximate surface area is 164 Å². The first-order valence-corrected chi connectivity index (χ1v) is 9.62. The van der Waals surface area contributed by atoms with Crippen molar-refractivity contribution in [3.8, 4) is 17.1 Å². The topological polar surface area (TPSA) is 67.2 Å². The maximum absolute atomic E-state index is 12.8. The van der Waals surface area contributed by atoms with Gasteiger partial charge in [0.25, 0.3) is 0 Å². The molecule has 144 valence electrons. The van der Waals surface area contributed by atoms with Crippen LogP contribution in [0.5, 0.6) is 5.88 Å². The van der Waals surface area contributed by atoms with Gasteiger partial charge in [0.05, 0.1) is 11.1 Å². The molecule has 0 spiro atoms. The van der Waals surface area contributed by atoms with E-state index in [1.807, 2.05) is 51.4 Å². The Morgan fingerprint density at radius 1 is 1.29 bits per heavy atom. The van der Waals surface area contributed by atoms with Crippen molar-refractivity contribution >= 4 is 16.8 Å². The number of rotatable bonds is 3. The van der Waals surface area contributed by atoms with Gasteiger partial charge in [0.15, 0.2) is 0 Å². The molecule has 2 aromatic heterocycles. The second kappa shape index (κ2) is 6.82. The average molecular weight is 375 g/mol. The highest BCUT2D eigenvalue weighted by Gasteiger charge is 2.46. The van der Waals surface area contributed by atoms with E-state index in [1.165, 1.54) is 0 Å². The molecule has 1 saturated heterocycles. The number of hydrogen-bond donors (Lipinski definition) is 2. The maximum atomic E-state index is 12.8. The van der Waals surface area contributed by atoms with Crippen molar-refractivity contribution in [1.29, 1.82) is 0 Å². The predicted molar refractivity (Wildman–Crippen MR) is 111 cm³/mol. The minimum Gasteiger partial charge on any atom is -0.493 e. The first-order valence-electron chi connectivity index (χ1n) is 9.62. The van der Waals surface area contributed by atoms with E-state index in [1.54, 1.807) is 0 Å². The molecule has 1 aliphatic rings. The molecule has 0 saturated carbocycles. The van der Waals surface area contributed by atoms with E-state index in [0.29, 0.717) is 17.8 Å². The lowest BCUT2D eigenvalue weighted by molar-refractivity contribution is -0.129. The van der Waals surface area contributed by atoms with Crippen molar-refractivity contribution in [2.75, 3.05) is 6.54 Å². The number of benzene rings is 1. The quantitative estimate of drug-likeness (QED) is 0.682. The van der Waals surface area contributed by atoms with Crippen molar-refractivity contribution in [2.45, 2.75) is 25.7 Å². The fraction of sp³-hybridized carbons (Fsp3) is 0.304. The number of aryl methyl sites for hydroxylation is 1. The monoisotopic (exact) mass is 375 g/mol. The Balaban J connectivity index is 1.77. The molecule has 2 N–H and O–H groups in total. The molecule has 5 heteroatoms. The Morgan fingerprint density at radius 3 is 2.86 bits per heavy atom. The number of hydrogen-bond acceptors (Lipinski definition) is 3. The Bertz CT molecular complexity index is 1080. The fourth-order valence-corrected chi connectivity index (χ4v) is 4.28. The van der Waals surface area contributed by atoms with Crippen LogP contribution in [0.25, 0.3) is 22.2 Å². The van der Waals surface area contributed by atoms with Crippen LogP contribution in [0.15, 0.2) is 54.7 Å². The standard InChI is InChI=1S/C23H25N3O2/c1-4-5-17-10-12-24-22(28)23(17,2)18-7-8-19(25-21(18)27)15-6-9-20-16(14-15)11-13-26(20)3/h4-9,11,13-14,17H,10,12H2,1-3H3,(H,24,28)(H,25,27)/b5-4+. The molecule has 3 aromatic rings. The number of pyridine rings is 1. The average Bonchev–Trinajstić information content (AvgIpc) is 3.06. The molecule has 3 heterocycles. The molecule has 2 unspecified atom stereocenters. The van der Waals surface area contributed by atoms with Crippen LogP contribution in [0, 0.1) is 5.92 Å². The van der Waals surface area contributed by atoms with Gasteiger partial charge in [0.2, 0.25) is 11.8 Å². The zero-order valence-corrected chi connectivity index (χ0v) is 16.4. The Hall–Kier alpha value is -3.08. The Kier molecular flexibility index (Phi) is 4.46. The number of piperidine rings is 1. The number of nitrogens with one attached hydrogen (secondary N) is 1. The first-order chi connectivity index (χ1) is 13.4. The van der Waals surface area contributed by atoms with Crippen LogP contribution in [-0.4, -0.2) is 27.1 Å². The summed E-state index contributed by atoms with van der Waals surface area (Å²) in [6.45, 7) is 4.49. The molecule has 2 atom stereocenters. The third kappa shape index (κ3) is 2.78. The summed E-state index contributed by atoms with van der Waals surface area (Å²) >= 11 is 0. The third-order valence-electron chi connectivity index (χ3n) is 5.99. The van der Waals surface area contributed by atoms with E-state index in [2.05, 4.69) is 39.1 Å². The van der Waals surface area contributed by atoms with Crippen molar-refractivity contribution in [3.05, 3.63) is 60.3 Å². The number of carbonyl (C=O) groups is 1. The highest BCUT2D eigenvalue weighted by molar-refractivity contribution is 5.90. The molecule has 1 aromatic carbocycles. The number of aromatic nitrogens is 2. The van der Waals surface area contributed by atoms with Gasteiger partial charge in [-0.15, -0.1) is 0 Å². The molecule has 4 rings (SSSR count). The number of carbonyl (C=O) groups excluding carboxylic acids is 1. The van der Waals surface area contributed by atoms with Gasteiger partial charge in [-0.1, -0.05) is 24.3 Å². The summed E-state index contributed by atoms with van der Waals surface area (Å²) in [6.07, 6.45) is 6.87. The van der Waals surface area contributed by atoms with Crippen LogP contribution in [-0.2, 0) is 17.3 Å². The summed E-state index contributed by atoms with van der Waals surface area (Å²) in [4.78, 5) is 17.2. The number of fused-ring (bicyclic) bond motifs is 1. The molecule has 1 fully saturated rings. The van der Waals surface area contributed by atoms with Gasteiger partial charge in [-0.2, -0.15) is 0 Å². The van der Waals surface area contributed by atoms with E-state index < -0.39 is 5.41 Å². The van der Waals surface area contributed by atoms with Gasteiger partial charge in [0, 0.05) is 41.8 Å². The lowest BCUT2D eigenvalue weighted by atomic mass is 9.68. The fourth-order valence-electron chi connectivity index (χ4n) is 4.28. The molecule has 0 bridgehead atoms. The van der Waals surface area contributed by atoms with Crippen LogP contribution in [0.2, 0.25) is 0 Å². The van der Waals surface area contributed by atoms with Gasteiger partial charge in [0.1, 0.15) is 0 Å². The minimum absolute atomic E-state index is 0.0190.